The van der Waals surface area contributed by atoms with E-state index in [2.05, 4.69) is 10.6 Å². The zero-order chi connectivity index (χ0) is 15.2. The highest BCUT2D eigenvalue weighted by atomic mass is 16.3. The summed E-state index contributed by atoms with van der Waals surface area (Å²) in [6.07, 6.45) is 2.45. The van der Waals surface area contributed by atoms with Crippen LogP contribution in [-0.2, 0) is 4.79 Å². The molecule has 1 aromatic carbocycles. The summed E-state index contributed by atoms with van der Waals surface area (Å²) in [4.78, 5) is 23.7. The molecule has 0 heterocycles. The lowest BCUT2D eigenvalue weighted by atomic mass is 10.1. The van der Waals surface area contributed by atoms with Crippen LogP contribution in [0.2, 0.25) is 0 Å². The molecule has 2 amide bonds. The van der Waals surface area contributed by atoms with Crippen molar-refractivity contribution in [3.63, 3.8) is 0 Å². The maximum absolute atomic E-state index is 12.0. The smallest absolute Gasteiger partial charge is 0.251 e. The van der Waals surface area contributed by atoms with E-state index in [0.29, 0.717) is 11.3 Å². The molecule has 1 aliphatic carbocycles. The van der Waals surface area contributed by atoms with Crippen molar-refractivity contribution in [2.45, 2.75) is 25.3 Å². The maximum atomic E-state index is 12.0. The van der Waals surface area contributed by atoms with Gasteiger partial charge >= 0.3 is 0 Å². The van der Waals surface area contributed by atoms with Gasteiger partial charge in [-0.25, -0.2) is 0 Å². The Balaban J connectivity index is 1.90. The van der Waals surface area contributed by atoms with Gasteiger partial charge in [0, 0.05) is 29.8 Å². The van der Waals surface area contributed by atoms with Gasteiger partial charge in [0.05, 0.1) is 6.61 Å². The van der Waals surface area contributed by atoms with Crippen LogP contribution >= 0.6 is 0 Å². The van der Waals surface area contributed by atoms with Crippen LogP contribution in [0.25, 0.3) is 0 Å². The zero-order valence-electron chi connectivity index (χ0n) is 11.8. The number of hydrogen-bond donors (Lipinski definition) is 4. The van der Waals surface area contributed by atoms with Crippen molar-refractivity contribution in [2.75, 3.05) is 18.5 Å². The van der Waals surface area contributed by atoms with Gasteiger partial charge in [-0.15, -0.1) is 0 Å². The van der Waals surface area contributed by atoms with Crippen molar-refractivity contribution in [2.24, 2.45) is 11.7 Å². The van der Waals surface area contributed by atoms with Crippen molar-refractivity contribution in [3.05, 3.63) is 29.8 Å². The summed E-state index contributed by atoms with van der Waals surface area (Å²) >= 11 is 0. The van der Waals surface area contributed by atoms with E-state index in [1.807, 2.05) is 0 Å². The topological polar surface area (TPSA) is 104 Å². The number of aliphatic hydroxyl groups is 1. The van der Waals surface area contributed by atoms with Crippen LogP contribution in [0.15, 0.2) is 24.3 Å². The lowest BCUT2D eigenvalue weighted by Gasteiger charge is -2.11. The standard InChI is InChI=1S/C15H21N3O3/c16-12-4-1-11(9-12)15(21)18-13-5-2-10(3-6-13)14(20)17-7-8-19/h2-3,5-6,11-12,19H,1,4,7-9,16H2,(H,17,20)(H,18,21). The van der Waals surface area contributed by atoms with E-state index < -0.39 is 0 Å². The molecule has 1 aromatic rings. The summed E-state index contributed by atoms with van der Waals surface area (Å²) in [5, 5.41) is 14.1. The van der Waals surface area contributed by atoms with Crippen LogP contribution in [0.4, 0.5) is 5.69 Å². The van der Waals surface area contributed by atoms with Crippen LogP contribution in [-0.4, -0.2) is 36.1 Å². The monoisotopic (exact) mass is 291 g/mol. The predicted molar refractivity (Wildman–Crippen MR) is 79.8 cm³/mol. The van der Waals surface area contributed by atoms with Gasteiger partial charge < -0.3 is 21.5 Å². The Bertz CT molecular complexity index is 501. The second kappa shape index (κ2) is 7.19. The largest absolute Gasteiger partial charge is 0.395 e. The zero-order valence-corrected chi connectivity index (χ0v) is 11.8. The van der Waals surface area contributed by atoms with Gasteiger partial charge in [-0.1, -0.05) is 0 Å². The fourth-order valence-corrected chi connectivity index (χ4v) is 2.48. The molecule has 0 bridgehead atoms. The van der Waals surface area contributed by atoms with E-state index >= 15 is 0 Å². The van der Waals surface area contributed by atoms with Crippen molar-refractivity contribution < 1.29 is 14.7 Å². The normalized spacial score (nSPS) is 21.0. The van der Waals surface area contributed by atoms with Crippen molar-refractivity contribution >= 4 is 17.5 Å². The molecular formula is C15H21N3O3. The molecule has 0 aromatic heterocycles. The highest BCUT2D eigenvalue weighted by Gasteiger charge is 2.27. The molecule has 2 atom stereocenters. The third kappa shape index (κ3) is 4.27. The lowest BCUT2D eigenvalue weighted by Crippen LogP contribution is -2.26. The van der Waals surface area contributed by atoms with E-state index in [9.17, 15) is 9.59 Å². The van der Waals surface area contributed by atoms with Gasteiger partial charge in [0.25, 0.3) is 5.91 Å². The van der Waals surface area contributed by atoms with E-state index in [1.54, 1.807) is 24.3 Å². The van der Waals surface area contributed by atoms with Crippen molar-refractivity contribution in [1.82, 2.24) is 5.32 Å². The van der Waals surface area contributed by atoms with Gasteiger partial charge in [-0.2, -0.15) is 0 Å². The summed E-state index contributed by atoms with van der Waals surface area (Å²) in [6.45, 7) is 0.128. The third-order valence-corrected chi connectivity index (χ3v) is 3.66. The summed E-state index contributed by atoms with van der Waals surface area (Å²) in [6, 6.07) is 6.80. The average Bonchev–Trinajstić information content (AvgIpc) is 2.92. The Morgan fingerprint density at radius 3 is 2.52 bits per heavy atom. The van der Waals surface area contributed by atoms with Gasteiger partial charge in [0.15, 0.2) is 0 Å². The Kier molecular flexibility index (Phi) is 5.30. The molecule has 6 nitrogen and oxygen atoms in total. The van der Waals surface area contributed by atoms with Crippen LogP contribution < -0.4 is 16.4 Å². The first-order chi connectivity index (χ1) is 10.1. The molecule has 1 saturated carbocycles. The Labute approximate surface area is 123 Å². The van der Waals surface area contributed by atoms with E-state index in [0.717, 1.165) is 19.3 Å². The molecule has 0 radical (unpaired) electrons. The van der Waals surface area contributed by atoms with E-state index in [4.69, 9.17) is 10.8 Å². The number of hydrogen-bond acceptors (Lipinski definition) is 4. The van der Waals surface area contributed by atoms with Crippen molar-refractivity contribution in [1.29, 1.82) is 0 Å². The predicted octanol–water partition coefficient (Wildman–Crippen LogP) is 0.475. The minimum absolute atomic E-state index is 0.0135. The minimum Gasteiger partial charge on any atom is -0.395 e. The number of amides is 2. The first kappa shape index (κ1) is 15.5. The summed E-state index contributed by atoms with van der Waals surface area (Å²) in [5.41, 5.74) is 6.96. The van der Waals surface area contributed by atoms with Crippen LogP contribution in [0.1, 0.15) is 29.6 Å². The van der Waals surface area contributed by atoms with Gasteiger partial charge in [0.2, 0.25) is 5.91 Å². The van der Waals surface area contributed by atoms with Crippen LogP contribution in [0, 0.1) is 5.92 Å². The number of anilines is 1. The Hall–Kier alpha value is -1.92. The number of benzene rings is 1. The van der Waals surface area contributed by atoms with Gasteiger partial charge in [-0.3, -0.25) is 9.59 Å². The number of nitrogens with two attached hydrogens (primary N) is 1. The highest BCUT2D eigenvalue weighted by molar-refractivity contribution is 5.96. The van der Waals surface area contributed by atoms with E-state index in [-0.39, 0.29) is 36.9 Å². The SMILES string of the molecule is NC1CCC(C(=O)Nc2ccc(C(=O)NCCO)cc2)C1. The second-order valence-electron chi connectivity index (χ2n) is 5.32. The Morgan fingerprint density at radius 1 is 1.24 bits per heavy atom. The first-order valence-electron chi connectivity index (χ1n) is 7.15. The van der Waals surface area contributed by atoms with Gasteiger partial charge in [0.1, 0.15) is 0 Å². The fourth-order valence-electron chi connectivity index (χ4n) is 2.48. The summed E-state index contributed by atoms with van der Waals surface area (Å²) < 4.78 is 0. The molecule has 21 heavy (non-hydrogen) atoms. The average molecular weight is 291 g/mol. The number of nitrogens with one attached hydrogen (secondary N) is 2. The van der Waals surface area contributed by atoms with Crippen LogP contribution in [0.3, 0.4) is 0 Å². The number of aliphatic hydroxyl groups excluding tert-OH is 1. The van der Waals surface area contributed by atoms with E-state index in [1.165, 1.54) is 0 Å². The lowest BCUT2D eigenvalue weighted by molar-refractivity contribution is -0.119. The molecule has 6 heteroatoms. The summed E-state index contributed by atoms with van der Waals surface area (Å²) in [5.74, 6) is -0.281. The number of rotatable bonds is 5. The molecule has 1 aliphatic rings. The number of carbonyl (C=O) groups is 2. The van der Waals surface area contributed by atoms with Crippen LogP contribution in [0.5, 0.6) is 0 Å². The third-order valence-electron chi connectivity index (χ3n) is 3.66. The molecule has 1 fully saturated rings. The maximum Gasteiger partial charge on any atom is 0.251 e. The number of carbonyl (C=O) groups excluding carboxylic acids is 2. The first-order valence-corrected chi connectivity index (χ1v) is 7.15. The van der Waals surface area contributed by atoms with Gasteiger partial charge in [-0.05, 0) is 43.5 Å². The molecule has 0 aliphatic heterocycles. The minimum atomic E-state index is -0.247. The molecular weight excluding hydrogens is 270 g/mol. The summed E-state index contributed by atoms with van der Waals surface area (Å²) in [7, 11) is 0. The molecule has 114 valence electrons. The molecule has 0 saturated heterocycles. The van der Waals surface area contributed by atoms with Crippen molar-refractivity contribution in [3.8, 4) is 0 Å². The molecule has 5 N–H and O–H groups in total. The Morgan fingerprint density at radius 2 is 1.95 bits per heavy atom. The second-order valence-corrected chi connectivity index (χ2v) is 5.32. The molecule has 0 spiro atoms. The fraction of sp³-hybridized carbons (Fsp3) is 0.467. The highest BCUT2D eigenvalue weighted by Crippen LogP contribution is 2.25. The molecule has 2 rings (SSSR count). The molecule has 2 unspecified atom stereocenters. The quantitative estimate of drug-likeness (QED) is 0.633.